The molecular weight excluding hydrogens is 354 g/mol. The number of carbonyl (C=O) groups is 1. The minimum Gasteiger partial charge on any atom is -0.497 e. The van der Waals surface area contributed by atoms with Gasteiger partial charge in [-0.3, -0.25) is 9.89 Å². The Labute approximate surface area is 164 Å². The molecule has 7 nitrogen and oxygen atoms in total. The number of likely N-dealkylation sites (tertiary alicyclic amines) is 1. The molecule has 28 heavy (non-hydrogen) atoms. The predicted molar refractivity (Wildman–Crippen MR) is 105 cm³/mol. The van der Waals surface area contributed by atoms with Gasteiger partial charge in [0.2, 0.25) is 0 Å². The van der Waals surface area contributed by atoms with E-state index in [0.717, 1.165) is 42.3 Å². The fourth-order valence-electron chi connectivity index (χ4n) is 3.82. The second-order valence-electron chi connectivity index (χ2n) is 7.28. The van der Waals surface area contributed by atoms with E-state index >= 15 is 0 Å². The lowest BCUT2D eigenvalue weighted by molar-refractivity contribution is 0.0721. The van der Waals surface area contributed by atoms with E-state index in [0.29, 0.717) is 12.2 Å². The van der Waals surface area contributed by atoms with Crippen LogP contribution in [-0.4, -0.2) is 44.2 Å². The van der Waals surface area contributed by atoms with E-state index in [-0.39, 0.29) is 11.9 Å². The van der Waals surface area contributed by atoms with Crippen LogP contribution in [0, 0.1) is 13.8 Å². The highest BCUT2D eigenvalue weighted by atomic mass is 16.5. The van der Waals surface area contributed by atoms with E-state index in [4.69, 9.17) is 4.74 Å². The number of methoxy groups -OCH3 is 1. The Hall–Kier alpha value is -3.09. The summed E-state index contributed by atoms with van der Waals surface area (Å²) in [6, 6.07) is 9.82. The number of hydrogen-bond donors (Lipinski definition) is 1. The van der Waals surface area contributed by atoms with Crippen LogP contribution >= 0.6 is 0 Å². The predicted octanol–water partition coefficient (Wildman–Crippen LogP) is 3.26. The van der Waals surface area contributed by atoms with Crippen molar-refractivity contribution in [1.82, 2.24) is 24.6 Å². The molecule has 0 aliphatic carbocycles. The van der Waals surface area contributed by atoms with Crippen molar-refractivity contribution in [2.24, 2.45) is 0 Å². The quantitative estimate of drug-likeness (QED) is 0.738. The second-order valence-corrected chi connectivity index (χ2v) is 7.28. The van der Waals surface area contributed by atoms with Gasteiger partial charge in [-0.2, -0.15) is 5.10 Å². The number of nitrogens with zero attached hydrogens (tertiary/aromatic N) is 4. The SMILES string of the molecule is COc1ccc(Cn2c(C)cnc2C2CCCN2C(=O)c2cc(C)[nH]n2)cc1. The van der Waals surface area contributed by atoms with Crippen LogP contribution < -0.4 is 4.74 Å². The van der Waals surface area contributed by atoms with Crippen LogP contribution in [-0.2, 0) is 6.54 Å². The molecular formula is C21H25N5O2. The second kappa shape index (κ2) is 7.50. The molecule has 1 aromatic carbocycles. The van der Waals surface area contributed by atoms with E-state index in [2.05, 4.69) is 38.8 Å². The molecule has 4 rings (SSSR count). The average molecular weight is 379 g/mol. The third kappa shape index (κ3) is 3.40. The lowest BCUT2D eigenvalue weighted by Gasteiger charge is -2.25. The van der Waals surface area contributed by atoms with E-state index in [9.17, 15) is 4.79 Å². The van der Waals surface area contributed by atoms with Gasteiger partial charge in [0.15, 0.2) is 0 Å². The summed E-state index contributed by atoms with van der Waals surface area (Å²) in [4.78, 5) is 19.6. The Morgan fingerprint density at radius 1 is 1.29 bits per heavy atom. The fraction of sp³-hybridized carbons (Fsp3) is 0.381. The molecule has 146 valence electrons. The van der Waals surface area contributed by atoms with Crippen molar-refractivity contribution >= 4 is 5.91 Å². The molecule has 0 bridgehead atoms. The molecule has 1 aliphatic heterocycles. The van der Waals surface area contributed by atoms with Gasteiger partial charge in [0, 0.05) is 30.7 Å². The standard InChI is InChI=1S/C21H25N5O2/c1-14-11-18(24-23-14)21(27)25-10-4-5-19(25)20-22-12-15(2)26(20)13-16-6-8-17(28-3)9-7-16/h6-9,11-12,19H,4-5,10,13H2,1-3H3,(H,23,24). The Bertz CT molecular complexity index is 973. The maximum atomic E-state index is 13.0. The third-order valence-corrected chi connectivity index (χ3v) is 5.32. The number of amides is 1. The highest BCUT2D eigenvalue weighted by Gasteiger charge is 2.34. The normalized spacial score (nSPS) is 16.5. The van der Waals surface area contributed by atoms with E-state index in [1.165, 1.54) is 5.56 Å². The van der Waals surface area contributed by atoms with Crippen molar-refractivity contribution in [2.45, 2.75) is 39.3 Å². The molecule has 1 atom stereocenters. The maximum Gasteiger partial charge on any atom is 0.274 e. The molecule has 0 saturated carbocycles. The minimum atomic E-state index is -0.0384. The number of hydrogen-bond acceptors (Lipinski definition) is 4. The molecule has 1 saturated heterocycles. The number of aromatic amines is 1. The van der Waals surface area contributed by atoms with Crippen LogP contribution in [0.25, 0.3) is 0 Å². The van der Waals surface area contributed by atoms with Crippen LogP contribution in [0.3, 0.4) is 0 Å². The molecule has 0 radical (unpaired) electrons. The number of imidazole rings is 1. The summed E-state index contributed by atoms with van der Waals surface area (Å²) in [5, 5.41) is 7.00. The van der Waals surface area contributed by atoms with Gasteiger partial charge in [-0.25, -0.2) is 4.98 Å². The van der Waals surface area contributed by atoms with Crippen molar-refractivity contribution in [3.63, 3.8) is 0 Å². The highest BCUT2D eigenvalue weighted by molar-refractivity contribution is 5.92. The lowest BCUT2D eigenvalue weighted by atomic mass is 10.1. The van der Waals surface area contributed by atoms with Gasteiger partial charge >= 0.3 is 0 Å². The topological polar surface area (TPSA) is 76.0 Å². The zero-order chi connectivity index (χ0) is 19.7. The molecule has 1 amide bonds. The van der Waals surface area contributed by atoms with Crippen molar-refractivity contribution in [2.75, 3.05) is 13.7 Å². The van der Waals surface area contributed by atoms with Crippen molar-refractivity contribution in [1.29, 1.82) is 0 Å². The van der Waals surface area contributed by atoms with Crippen LogP contribution in [0.4, 0.5) is 0 Å². The monoisotopic (exact) mass is 379 g/mol. The maximum absolute atomic E-state index is 13.0. The molecule has 1 aliphatic rings. The highest BCUT2D eigenvalue weighted by Crippen LogP contribution is 2.33. The Kier molecular flexibility index (Phi) is 4.90. The van der Waals surface area contributed by atoms with Gasteiger partial charge in [-0.05, 0) is 50.5 Å². The first kappa shape index (κ1) is 18.3. The summed E-state index contributed by atoms with van der Waals surface area (Å²) in [6.07, 6.45) is 3.76. The zero-order valence-electron chi connectivity index (χ0n) is 16.5. The smallest absolute Gasteiger partial charge is 0.274 e. The van der Waals surface area contributed by atoms with Gasteiger partial charge < -0.3 is 14.2 Å². The number of ether oxygens (including phenoxy) is 1. The zero-order valence-corrected chi connectivity index (χ0v) is 16.5. The van der Waals surface area contributed by atoms with Gasteiger partial charge in [0.05, 0.1) is 13.2 Å². The van der Waals surface area contributed by atoms with E-state index in [1.807, 2.05) is 30.2 Å². The molecule has 3 aromatic rings. The van der Waals surface area contributed by atoms with Crippen molar-refractivity contribution in [3.8, 4) is 5.75 Å². The molecule has 1 unspecified atom stereocenters. The van der Waals surface area contributed by atoms with Crippen LogP contribution in [0.1, 0.15) is 52.1 Å². The first-order chi connectivity index (χ1) is 13.6. The summed E-state index contributed by atoms with van der Waals surface area (Å²) in [6.45, 7) is 5.39. The molecule has 0 spiro atoms. The lowest BCUT2D eigenvalue weighted by Crippen LogP contribution is -2.32. The van der Waals surface area contributed by atoms with Crippen LogP contribution in [0.15, 0.2) is 36.5 Å². The Morgan fingerprint density at radius 3 is 2.75 bits per heavy atom. The van der Waals surface area contributed by atoms with Gasteiger partial charge in [-0.15, -0.1) is 0 Å². The number of carbonyl (C=O) groups excluding carboxylic acids is 1. The summed E-state index contributed by atoms with van der Waals surface area (Å²) >= 11 is 0. The van der Waals surface area contributed by atoms with Crippen LogP contribution in [0.2, 0.25) is 0 Å². The molecule has 1 fully saturated rings. The van der Waals surface area contributed by atoms with Crippen LogP contribution in [0.5, 0.6) is 5.75 Å². The number of aromatic nitrogens is 4. The first-order valence-electron chi connectivity index (χ1n) is 9.54. The van der Waals surface area contributed by atoms with E-state index in [1.54, 1.807) is 13.2 Å². The average Bonchev–Trinajstić information content (AvgIpc) is 3.43. The number of benzene rings is 1. The minimum absolute atomic E-state index is 0.0311. The molecule has 2 aromatic heterocycles. The number of aryl methyl sites for hydroxylation is 2. The van der Waals surface area contributed by atoms with Crippen molar-refractivity contribution < 1.29 is 9.53 Å². The third-order valence-electron chi connectivity index (χ3n) is 5.32. The van der Waals surface area contributed by atoms with Gasteiger partial charge in [-0.1, -0.05) is 12.1 Å². The van der Waals surface area contributed by atoms with E-state index < -0.39 is 0 Å². The Morgan fingerprint density at radius 2 is 2.07 bits per heavy atom. The molecule has 1 N–H and O–H groups in total. The summed E-state index contributed by atoms with van der Waals surface area (Å²) < 4.78 is 7.45. The first-order valence-corrected chi connectivity index (χ1v) is 9.54. The molecule has 7 heteroatoms. The molecule has 3 heterocycles. The Balaban J connectivity index is 1.60. The van der Waals surface area contributed by atoms with Gasteiger partial charge in [0.25, 0.3) is 5.91 Å². The van der Waals surface area contributed by atoms with Crippen molar-refractivity contribution in [3.05, 3.63) is 65.0 Å². The summed E-state index contributed by atoms with van der Waals surface area (Å²) in [5.74, 6) is 1.74. The summed E-state index contributed by atoms with van der Waals surface area (Å²) in [7, 11) is 1.67. The number of rotatable bonds is 5. The summed E-state index contributed by atoms with van der Waals surface area (Å²) in [5.41, 5.74) is 3.60. The largest absolute Gasteiger partial charge is 0.497 e. The fourth-order valence-corrected chi connectivity index (χ4v) is 3.82. The number of H-pyrrole nitrogens is 1. The van der Waals surface area contributed by atoms with Gasteiger partial charge in [0.1, 0.15) is 17.3 Å². The number of nitrogens with one attached hydrogen (secondary N) is 1.